The Morgan fingerprint density at radius 3 is 1.29 bits per heavy atom. The van der Waals surface area contributed by atoms with Crippen molar-refractivity contribution in [3.8, 4) is 0 Å². The summed E-state index contributed by atoms with van der Waals surface area (Å²) in [5, 5.41) is 25.3. The number of carboxylic acid groups (broad SMARTS) is 2. The molecule has 4 aromatic carbocycles. The van der Waals surface area contributed by atoms with Gasteiger partial charge in [-0.05, 0) is 22.9 Å². The molecule has 34 heavy (non-hydrogen) atoms. The molecule has 0 amide bonds. The van der Waals surface area contributed by atoms with Crippen LogP contribution in [0.2, 0.25) is 0 Å². The predicted octanol–water partition coefficient (Wildman–Crippen LogP) is 5.80. The van der Waals surface area contributed by atoms with Crippen molar-refractivity contribution in [3.63, 3.8) is 0 Å². The van der Waals surface area contributed by atoms with E-state index in [1.165, 1.54) is 0 Å². The first-order chi connectivity index (χ1) is 16.5. The fraction of sp³-hybridized carbons (Fsp3) is 0.0833. The molecule has 0 atom stereocenters. The Kier molecular flexibility index (Phi) is 10.1. The smallest absolute Gasteiger partial charge is 0.303 e. The second-order valence-corrected chi connectivity index (χ2v) is 6.75. The van der Waals surface area contributed by atoms with Gasteiger partial charge in [-0.15, -0.1) is 9.81 Å². The quantitative estimate of drug-likeness (QED) is 0.198. The van der Waals surface area contributed by atoms with Crippen molar-refractivity contribution in [2.45, 2.75) is 12.8 Å². The van der Waals surface area contributed by atoms with E-state index in [4.69, 9.17) is 10.2 Å². The van der Waals surface area contributed by atoms with Crippen LogP contribution in [0.1, 0.15) is 12.8 Å². The third-order valence-electron chi connectivity index (χ3n) is 4.46. The molecule has 0 fully saturated rings. The number of hydrogen-bond donors (Lipinski definition) is 4. The van der Waals surface area contributed by atoms with Crippen LogP contribution in [0, 0.1) is 9.81 Å². The standard InChI is InChI=1S/2C10H8N2O.C4H6O4/c2*13-12-11-10-7-3-5-8-4-1-2-6-9(8)10;5-3(6)1-2-4(7)8/h2*1-7H,(H,11,13);1-2H2,(H,5,6)(H,7,8). The Labute approximate surface area is 194 Å². The number of nitrogens with zero attached hydrogens (tertiary/aromatic N) is 2. The van der Waals surface area contributed by atoms with E-state index in [-0.39, 0.29) is 12.8 Å². The molecule has 0 saturated heterocycles. The molecular weight excluding hydrogens is 440 g/mol. The molecule has 0 heterocycles. The zero-order valence-corrected chi connectivity index (χ0v) is 17.9. The summed E-state index contributed by atoms with van der Waals surface area (Å²) in [6.45, 7) is 0. The highest BCUT2D eigenvalue weighted by Crippen LogP contribution is 2.23. The second-order valence-electron chi connectivity index (χ2n) is 6.75. The molecule has 4 N–H and O–H groups in total. The first kappa shape index (κ1) is 25.4. The third kappa shape index (κ3) is 8.00. The number of nitroso groups, excluding NO2 is 2. The van der Waals surface area contributed by atoms with E-state index in [1.54, 1.807) is 0 Å². The van der Waals surface area contributed by atoms with Crippen LogP contribution in [0.15, 0.2) is 95.5 Å². The Morgan fingerprint density at radius 2 is 0.941 bits per heavy atom. The number of rotatable bonds is 7. The first-order valence-corrected chi connectivity index (χ1v) is 10.0. The highest BCUT2D eigenvalue weighted by molar-refractivity contribution is 5.94. The minimum Gasteiger partial charge on any atom is -0.481 e. The van der Waals surface area contributed by atoms with Crippen LogP contribution < -0.4 is 10.9 Å². The van der Waals surface area contributed by atoms with Gasteiger partial charge in [-0.25, -0.2) is 10.9 Å². The third-order valence-corrected chi connectivity index (χ3v) is 4.46. The molecule has 0 bridgehead atoms. The van der Waals surface area contributed by atoms with Crippen LogP contribution in [-0.2, 0) is 9.59 Å². The zero-order chi connectivity index (χ0) is 24.8. The monoisotopic (exact) mass is 462 g/mol. The van der Waals surface area contributed by atoms with Gasteiger partial charge in [0, 0.05) is 10.8 Å². The molecule has 10 heteroatoms. The van der Waals surface area contributed by atoms with Crippen molar-refractivity contribution in [3.05, 3.63) is 94.7 Å². The molecule has 174 valence electrons. The molecule has 0 aliphatic heterocycles. The maximum absolute atomic E-state index is 10.1. The predicted molar refractivity (Wildman–Crippen MR) is 131 cm³/mol. The minimum atomic E-state index is -1.08. The summed E-state index contributed by atoms with van der Waals surface area (Å²) in [5.74, 6) is -2.15. The Morgan fingerprint density at radius 1 is 0.588 bits per heavy atom. The lowest BCUT2D eigenvalue weighted by Gasteiger charge is -2.02. The van der Waals surface area contributed by atoms with Crippen molar-refractivity contribution >= 4 is 44.9 Å². The molecule has 0 spiro atoms. The lowest BCUT2D eigenvalue weighted by Crippen LogP contribution is -2.00. The molecule has 0 radical (unpaired) electrons. The van der Waals surface area contributed by atoms with Crippen LogP contribution in [0.3, 0.4) is 0 Å². The van der Waals surface area contributed by atoms with E-state index in [0.29, 0.717) is 0 Å². The van der Waals surface area contributed by atoms with Gasteiger partial charge in [0.15, 0.2) is 0 Å². The van der Waals surface area contributed by atoms with Crippen LogP contribution in [-0.4, -0.2) is 22.2 Å². The maximum Gasteiger partial charge on any atom is 0.303 e. The number of aliphatic carboxylic acids is 2. The maximum atomic E-state index is 10.1. The normalized spacial score (nSPS) is 9.53. The number of anilines is 2. The number of benzene rings is 4. The zero-order valence-electron chi connectivity index (χ0n) is 17.9. The van der Waals surface area contributed by atoms with Gasteiger partial charge in [-0.2, -0.15) is 0 Å². The first-order valence-electron chi connectivity index (χ1n) is 10.0. The number of carboxylic acids is 2. The van der Waals surface area contributed by atoms with Crippen molar-refractivity contribution in [2.24, 2.45) is 10.6 Å². The van der Waals surface area contributed by atoms with E-state index in [9.17, 15) is 19.4 Å². The summed E-state index contributed by atoms with van der Waals surface area (Å²) in [6, 6.07) is 27.1. The summed E-state index contributed by atoms with van der Waals surface area (Å²) < 4.78 is 0. The van der Waals surface area contributed by atoms with Gasteiger partial charge >= 0.3 is 11.9 Å². The molecule has 0 aromatic heterocycles. The van der Waals surface area contributed by atoms with Crippen molar-refractivity contribution in [2.75, 3.05) is 10.9 Å². The summed E-state index contributed by atoms with van der Waals surface area (Å²) in [4.78, 5) is 39.4. The van der Waals surface area contributed by atoms with E-state index in [0.717, 1.165) is 32.9 Å². The SMILES string of the molecule is O=C(O)CCC(=O)O.O=NNc1cccc2ccccc12.O=NNc1cccc2ccccc12. The molecule has 0 saturated carbocycles. The Hall–Kier alpha value is -4.86. The molecule has 10 nitrogen and oxygen atoms in total. The average molecular weight is 462 g/mol. The van der Waals surface area contributed by atoms with Gasteiger partial charge < -0.3 is 10.2 Å². The Bertz CT molecular complexity index is 1170. The van der Waals surface area contributed by atoms with Gasteiger partial charge in [0.25, 0.3) is 0 Å². The van der Waals surface area contributed by atoms with Crippen molar-refractivity contribution in [1.82, 2.24) is 0 Å². The highest BCUT2D eigenvalue weighted by Gasteiger charge is 2.00. The summed E-state index contributed by atoms with van der Waals surface area (Å²) in [5.41, 5.74) is 6.33. The van der Waals surface area contributed by atoms with Crippen LogP contribution in [0.25, 0.3) is 21.5 Å². The minimum absolute atomic E-state index is 0.296. The number of nitrogens with one attached hydrogen (secondary N) is 2. The van der Waals surface area contributed by atoms with Gasteiger partial charge in [-0.1, -0.05) is 72.8 Å². The lowest BCUT2D eigenvalue weighted by molar-refractivity contribution is -0.143. The van der Waals surface area contributed by atoms with Gasteiger partial charge in [-0.3, -0.25) is 9.59 Å². The van der Waals surface area contributed by atoms with E-state index >= 15 is 0 Å². The molecule has 0 aliphatic carbocycles. The van der Waals surface area contributed by atoms with Crippen molar-refractivity contribution in [1.29, 1.82) is 0 Å². The largest absolute Gasteiger partial charge is 0.481 e. The van der Waals surface area contributed by atoms with Gasteiger partial charge in [0.05, 0.1) is 34.8 Å². The van der Waals surface area contributed by atoms with E-state index < -0.39 is 11.9 Å². The van der Waals surface area contributed by atoms with Crippen molar-refractivity contribution < 1.29 is 19.8 Å². The number of carbonyl (C=O) groups is 2. The fourth-order valence-electron chi connectivity index (χ4n) is 2.96. The summed E-state index contributed by atoms with van der Waals surface area (Å²) in [6.07, 6.45) is -0.593. The molecule has 4 aromatic rings. The fourth-order valence-corrected chi connectivity index (χ4v) is 2.96. The number of fused-ring (bicyclic) bond motifs is 2. The van der Waals surface area contributed by atoms with Crippen LogP contribution in [0.5, 0.6) is 0 Å². The van der Waals surface area contributed by atoms with E-state index in [1.807, 2.05) is 84.9 Å². The summed E-state index contributed by atoms with van der Waals surface area (Å²) in [7, 11) is 0. The molecule has 0 unspecified atom stereocenters. The van der Waals surface area contributed by atoms with Crippen LogP contribution in [0.4, 0.5) is 11.4 Å². The average Bonchev–Trinajstić information content (AvgIpc) is 2.84. The Balaban J connectivity index is 0.000000187. The lowest BCUT2D eigenvalue weighted by atomic mass is 10.1. The number of hydrogen-bond acceptors (Lipinski definition) is 6. The highest BCUT2D eigenvalue weighted by atomic mass is 16.4. The molecular formula is C24H22N4O6. The second kappa shape index (κ2) is 13.5. The molecule has 0 aliphatic rings. The van der Waals surface area contributed by atoms with Gasteiger partial charge in [0.2, 0.25) is 0 Å². The van der Waals surface area contributed by atoms with Crippen LogP contribution >= 0.6 is 0 Å². The van der Waals surface area contributed by atoms with E-state index in [2.05, 4.69) is 21.4 Å². The van der Waals surface area contributed by atoms with Gasteiger partial charge in [0.1, 0.15) is 0 Å². The topological polar surface area (TPSA) is 158 Å². The summed E-state index contributed by atoms with van der Waals surface area (Å²) >= 11 is 0. The molecule has 4 rings (SSSR count).